The fourth-order valence-electron chi connectivity index (χ4n) is 2.40. The first-order valence-corrected chi connectivity index (χ1v) is 7.33. The van der Waals surface area contributed by atoms with Crippen LogP contribution in [0.4, 0.5) is 11.4 Å². The van der Waals surface area contributed by atoms with Gasteiger partial charge in [-0.2, -0.15) is 0 Å². The van der Waals surface area contributed by atoms with Crippen molar-refractivity contribution in [3.05, 3.63) is 33.3 Å². The molecular formula is C14H16ClN3O5. The summed E-state index contributed by atoms with van der Waals surface area (Å²) >= 11 is 5.97. The Balaban J connectivity index is 1.87. The van der Waals surface area contributed by atoms with Crippen molar-refractivity contribution < 1.29 is 19.2 Å². The van der Waals surface area contributed by atoms with Crippen molar-refractivity contribution in [2.75, 3.05) is 32.1 Å². The number of amides is 1. The van der Waals surface area contributed by atoms with Crippen molar-refractivity contribution in [3.8, 4) is 0 Å². The maximum absolute atomic E-state index is 11.8. The summed E-state index contributed by atoms with van der Waals surface area (Å²) < 4.78 is 4.64. The normalized spacial score (nSPS) is 17.2. The van der Waals surface area contributed by atoms with Gasteiger partial charge in [-0.25, -0.2) is 0 Å². The molecule has 1 fully saturated rings. The summed E-state index contributed by atoms with van der Waals surface area (Å²) in [5, 5.41) is 13.9. The number of anilines is 1. The van der Waals surface area contributed by atoms with Crippen LogP contribution < -0.4 is 5.32 Å². The van der Waals surface area contributed by atoms with Gasteiger partial charge in [-0.15, -0.1) is 0 Å². The first-order chi connectivity index (χ1) is 10.9. The number of carbonyl (C=O) groups is 2. The van der Waals surface area contributed by atoms with Gasteiger partial charge in [-0.1, -0.05) is 11.6 Å². The zero-order valence-electron chi connectivity index (χ0n) is 12.5. The van der Waals surface area contributed by atoms with Crippen LogP contribution in [-0.4, -0.2) is 48.4 Å². The number of hydrogen-bond donors (Lipinski definition) is 1. The number of nitro benzene ring substituents is 1. The summed E-state index contributed by atoms with van der Waals surface area (Å²) in [6, 6.07) is 4.13. The average Bonchev–Trinajstić information content (AvgIpc) is 2.89. The lowest BCUT2D eigenvalue weighted by Gasteiger charge is -2.17. The number of hydrogen-bond acceptors (Lipinski definition) is 6. The van der Waals surface area contributed by atoms with E-state index in [1.54, 1.807) is 4.90 Å². The van der Waals surface area contributed by atoms with Gasteiger partial charge in [-0.3, -0.25) is 19.7 Å². The largest absolute Gasteiger partial charge is 0.469 e. The third kappa shape index (κ3) is 4.10. The first kappa shape index (κ1) is 17.0. The van der Waals surface area contributed by atoms with Crippen LogP contribution >= 0.6 is 11.6 Å². The van der Waals surface area contributed by atoms with E-state index in [2.05, 4.69) is 10.1 Å². The molecule has 0 unspecified atom stereocenters. The summed E-state index contributed by atoms with van der Waals surface area (Å²) in [5.41, 5.74) is 0.463. The summed E-state index contributed by atoms with van der Waals surface area (Å²) in [7, 11) is 1.30. The molecule has 1 aromatic rings. The van der Waals surface area contributed by atoms with Gasteiger partial charge in [0.1, 0.15) is 0 Å². The number of nitro groups is 1. The van der Waals surface area contributed by atoms with Gasteiger partial charge in [0.2, 0.25) is 5.91 Å². The lowest BCUT2D eigenvalue weighted by molar-refractivity contribution is -0.384. The van der Waals surface area contributed by atoms with Crippen LogP contribution in [0.25, 0.3) is 0 Å². The lowest BCUT2D eigenvalue weighted by atomic mass is 10.1. The number of nitrogens with zero attached hydrogens (tertiary/aromatic N) is 2. The molecule has 1 aliphatic heterocycles. The van der Waals surface area contributed by atoms with E-state index in [1.165, 1.54) is 25.3 Å². The maximum Gasteiger partial charge on any atom is 0.310 e. The van der Waals surface area contributed by atoms with Gasteiger partial charge in [-0.05, 0) is 6.07 Å². The topological polar surface area (TPSA) is 102 Å². The van der Waals surface area contributed by atoms with Gasteiger partial charge >= 0.3 is 5.97 Å². The molecule has 1 aromatic carbocycles. The Morgan fingerprint density at radius 1 is 1.57 bits per heavy atom. The Morgan fingerprint density at radius 2 is 2.30 bits per heavy atom. The lowest BCUT2D eigenvalue weighted by Crippen LogP contribution is -2.31. The van der Waals surface area contributed by atoms with Crippen LogP contribution in [0.15, 0.2) is 18.2 Å². The minimum atomic E-state index is -0.522. The number of nitrogens with one attached hydrogen (secondary N) is 1. The van der Waals surface area contributed by atoms with Crippen molar-refractivity contribution >= 4 is 34.9 Å². The van der Waals surface area contributed by atoms with E-state index >= 15 is 0 Å². The molecule has 0 aromatic heterocycles. The molecule has 0 spiro atoms. The van der Waals surface area contributed by atoms with Crippen LogP contribution in [0.5, 0.6) is 0 Å². The van der Waals surface area contributed by atoms with Crippen molar-refractivity contribution in [3.63, 3.8) is 0 Å². The van der Waals surface area contributed by atoms with Crippen LogP contribution in [0.1, 0.15) is 6.42 Å². The molecule has 1 aliphatic rings. The highest BCUT2D eigenvalue weighted by atomic mass is 35.5. The Bertz CT molecular complexity index is 637. The molecule has 1 N–H and O–H groups in total. The molecule has 0 aliphatic carbocycles. The molecule has 23 heavy (non-hydrogen) atoms. The predicted octanol–water partition coefficient (Wildman–Crippen LogP) is 1.68. The van der Waals surface area contributed by atoms with Gasteiger partial charge < -0.3 is 15.0 Å². The number of ether oxygens (including phenoxy) is 1. The van der Waals surface area contributed by atoms with Crippen molar-refractivity contribution in [2.24, 2.45) is 5.92 Å². The molecule has 1 heterocycles. The third-order valence-electron chi connectivity index (χ3n) is 3.61. The van der Waals surface area contributed by atoms with Crippen molar-refractivity contribution in [2.45, 2.75) is 6.42 Å². The minimum absolute atomic E-state index is 0.0869. The molecular weight excluding hydrogens is 326 g/mol. The number of likely N-dealkylation sites (tertiary alicyclic amines) is 1. The number of halogens is 1. The summed E-state index contributed by atoms with van der Waals surface area (Å²) in [4.78, 5) is 35.0. The van der Waals surface area contributed by atoms with Gasteiger partial charge in [0.25, 0.3) is 5.69 Å². The van der Waals surface area contributed by atoms with Crippen LogP contribution in [0, 0.1) is 16.0 Å². The van der Waals surface area contributed by atoms with E-state index < -0.39 is 10.8 Å². The minimum Gasteiger partial charge on any atom is -0.469 e. The molecule has 1 saturated heterocycles. The molecule has 0 radical (unpaired) electrons. The van der Waals surface area contributed by atoms with Gasteiger partial charge in [0.15, 0.2) is 0 Å². The number of benzene rings is 1. The molecule has 1 atom stereocenters. The molecule has 0 bridgehead atoms. The zero-order chi connectivity index (χ0) is 17.0. The Kier molecular flexibility index (Phi) is 5.38. The zero-order valence-corrected chi connectivity index (χ0v) is 13.2. The average molecular weight is 342 g/mol. The summed E-state index contributed by atoms with van der Waals surface area (Å²) in [6.45, 7) is 1.15. The molecule has 9 heteroatoms. The second kappa shape index (κ2) is 7.28. The Hall–Kier alpha value is -2.35. The van der Waals surface area contributed by atoms with Crippen LogP contribution in [0.3, 0.4) is 0 Å². The quantitative estimate of drug-likeness (QED) is 0.480. The van der Waals surface area contributed by atoms with E-state index in [0.29, 0.717) is 25.3 Å². The number of esters is 1. The Labute approximate surface area is 137 Å². The second-order valence-electron chi connectivity index (χ2n) is 5.11. The Morgan fingerprint density at radius 3 is 2.91 bits per heavy atom. The highest BCUT2D eigenvalue weighted by molar-refractivity contribution is 6.33. The number of carbonyl (C=O) groups excluding carboxylic acids is 2. The molecule has 2 rings (SSSR count). The van der Waals surface area contributed by atoms with Crippen molar-refractivity contribution in [1.29, 1.82) is 0 Å². The second-order valence-corrected chi connectivity index (χ2v) is 5.52. The monoisotopic (exact) mass is 341 g/mol. The fourth-order valence-corrected chi connectivity index (χ4v) is 2.64. The number of methoxy groups -OCH3 is 1. The SMILES string of the molecule is COC(=O)[C@@H]1CC(=O)N(CCNc2ccc([N+](=O)[O-])cc2Cl)C1. The smallest absolute Gasteiger partial charge is 0.310 e. The number of non-ortho nitro benzene ring substituents is 1. The maximum atomic E-state index is 11.8. The van der Waals surface area contributed by atoms with Gasteiger partial charge in [0.05, 0.1) is 28.7 Å². The van der Waals surface area contributed by atoms with E-state index in [0.717, 1.165) is 0 Å². The van der Waals surface area contributed by atoms with Crippen LogP contribution in [-0.2, 0) is 14.3 Å². The van der Waals surface area contributed by atoms with E-state index in [9.17, 15) is 19.7 Å². The van der Waals surface area contributed by atoms with Crippen LogP contribution in [0.2, 0.25) is 5.02 Å². The highest BCUT2D eigenvalue weighted by Crippen LogP contribution is 2.26. The van der Waals surface area contributed by atoms with E-state index in [4.69, 9.17) is 11.6 Å². The highest BCUT2D eigenvalue weighted by Gasteiger charge is 2.34. The van der Waals surface area contributed by atoms with Crippen molar-refractivity contribution in [1.82, 2.24) is 4.90 Å². The summed E-state index contributed by atoms with van der Waals surface area (Å²) in [6.07, 6.45) is 0.158. The number of rotatable bonds is 6. The summed E-state index contributed by atoms with van der Waals surface area (Å²) in [5.74, 6) is -0.903. The predicted molar refractivity (Wildman–Crippen MR) is 83.3 cm³/mol. The first-order valence-electron chi connectivity index (χ1n) is 6.95. The van der Waals surface area contributed by atoms with E-state index in [1.807, 2.05) is 0 Å². The molecule has 1 amide bonds. The van der Waals surface area contributed by atoms with E-state index in [-0.39, 0.29) is 29.0 Å². The molecule has 8 nitrogen and oxygen atoms in total. The molecule has 0 saturated carbocycles. The van der Waals surface area contributed by atoms with Gasteiger partial charge in [0, 0.05) is 38.2 Å². The standard InChI is InChI=1S/C14H16ClN3O5/c1-23-14(20)9-6-13(19)17(8-9)5-4-16-12-3-2-10(18(21)22)7-11(12)15/h2-3,7,9,16H,4-6,8H2,1H3/t9-/m1/s1. The fraction of sp³-hybridized carbons (Fsp3) is 0.429. The third-order valence-corrected chi connectivity index (χ3v) is 3.92. The molecule has 124 valence electrons.